The number of nitrogens with two attached hydrogens (primary N) is 1. The quantitative estimate of drug-likeness (QED) is 0.0485. The topological polar surface area (TPSA) is 125 Å². The summed E-state index contributed by atoms with van der Waals surface area (Å²) in [6.45, 7) is 1.24. The number of nitrogen functional groups attached to an aromatic ring is 1. The molecule has 0 unspecified atom stereocenters. The van der Waals surface area contributed by atoms with Crippen molar-refractivity contribution >= 4 is 29.0 Å². The molecule has 0 amide bonds. The number of nitriles is 1. The lowest BCUT2D eigenvalue weighted by Gasteiger charge is -2.12. The Labute approximate surface area is 265 Å². The average molecular weight is 614 g/mol. The molecular weight excluding hydrogens is 570 g/mol. The van der Waals surface area contributed by atoms with Crippen molar-refractivity contribution in [2.24, 2.45) is 0 Å². The highest BCUT2D eigenvalue weighted by Gasteiger charge is 2.15. The molecule has 1 heterocycles. The number of rotatable bonds is 18. The number of nitrogens with one attached hydrogen (secondary N) is 1. The maximum absolute atomic E-state index is 12.3. The predicted octanol–water partition coefficient (Wildman–Crippen LogP) is 7.86. The maximum Gasteiger partial charge on any atom is 0.338 e. The third-order valence-electron chi connectivity index (χ3n) is 7.56. The van der Waals surface area contributed by atoms with Crippen LogP contribution < -0.4 is 30.0 Å². The van der Waals surface area contributed by atoms with Crippen molar-refractivity contribution in [2.45, 2.75) is 57.8 Å². The zero-order valence-electron chi connectivity index (χ0n) is 26.2. The van der Waals surface area contributed by atoms with Crippen molar-refractivity contribution in [3.8, 4) is 29.1 Å². The van der Waals surface area contributed by atoms with E-state index in [-0.39, 0.29) is 12.8 Å². The minimum Gasteiger partial charge on any atom is -0.493 e. The minimum atomic E-state index is -0.335. The van der Waals surface area contributed by atoms with E-state index in [9.17, 15) is 10.1 Å². The van der Waals surface area contributed by atoms with Gasteiger partial charge in [0.25, 0.3) is 0 Å². The SMILES string of the molecule is CNc1cc(N)cc(C(=O)OCCCCCCCCCCCOc2ccc(/C=C(\C#N)c3ccc4c(c3)OCO4)cc2OC)c1. The Morgan fingerprint density at radius 1 is 0.867 bits per heavy atom. The van der Waals surface area contributed by atoms with Gasteiger partial charge in [-0.1, -0.05) is 51.0 Å². The van der Waals surface area contributed by atoms with Crippen LogP contribution in [0.3, 0.4) is 0 Å². The van der Waals surface area contributed by atoms with Crippen LogP contribution in [0.15, 0.2) is 54.6 Å². The third kappa shape index (κ3) is 10.1. The fourth-order valence-corrected chi connectivity index (χ4v) is 5.09. The van der Waals surface area contributed by atoms with Gasteiger partial charge in [0.1, 0.15) is 0 Å². The summed E-state index contributed by atoms with van der Waals surface area (Å²) in [7, 11) is 3.40. The zero-order valence-corrected chi connectivity index (χ0v) is 26.2. The van der Waals surface area contributed by atoms with Crippen molar-refractivity contribution in [2.75, 3.05) is 45.2 Å². The largest absolute Gasteiger partial charge is 0.493 e. The standard InChI is InChI=1S/C36H43N3O6/c1-39-31-21-28(20-30(38)23-31)36(40)43-17-11-9-7-5-3-4-6-8-10-16-42-32-14-12-26(19-34(32)41-2)18-29(24-37)27-13-15-33-35(22-27)45-25-44-33/h12-15,18-23,39H,3-11,16-17,25,38H2,1-2H3/b29-18+. The van der Waals surface area contributed by atoms with Crippen LogP contribution in [-0.4, -0.2) is 40.1 Å². The van der Waals surface area contributed by atoms with Crippen molar-refractivity contribution in [1.82, 2.24) is 0 Å². The fraction of sp³-hybridized carbons (Fsp3) is 0.389. The van der Waals surface area contributed by atoms with Crippen molar-refractivity contribution in [3.63, 3.8) is 0 Å². The molecule has 238 valence electrons. The van der Waals surface area contributed by atoms with E-state index in [0.29, 0.717) is 53.0 Å². The number of hydrogen-bond donors (Lipinski definition) is 2. The molecule has 1 aliphatic rings. The van der Waals surface area contributed by atoms with Gasteiger partial charge in [-0.25, -0.2) is 4.79 Å². The van der Waals surface area contributed by atoms with Gasteiger partial charge in [-0.2, -0.15) is 5.26 Å². The number of carbonyl (C=O) groups excluding carboxylic acids is 1. The highest BCUT2D eigenvalue weighted by Crippen LogP contribution is 2.35. The second-order valence-electron chi connectivity index (χ2n) is 10.9. The van der Waals surface area contributed by atoms with Gasteiger partial charge in [0.15, 0.2) is 23.0 Å². The summed E-state index contributed by atoms with van der Waals surface area (Å²) in [5.74, 6) is 2.31. The van der Waals surface area contributed by atoms with E-state index in [1.54, 1.807) is 32.4 Å². The number of hydrogen-bond acceptors (Lipinski definition) is 9. The summed E-state index contributed by atoms with van der Waals surface area (Å²) in [6.07, 6.45) is 11.7. The third-order valence-corrected chi connectivity index (χ3v) is 7.56. The number of ether oxygens (including phenoxy) is 5. The lowest BCUT2D eigenvalue weighted by Crippen LogP contribution is -2.08. The summed E-state index contributed by atoms with van der Waals surface area (Å²) in [5, 5.41) is 12.7. The Bertz CT molecular complexity index is 1500. The molecule has 0 saturated heterocycles. The van der Waals surface area contributed by atoms with E-state index in [1.807, 2.05) is 42.5 Å². The number of allylic oxidation sites excluding steroid dienone is 1. The van der Waals surface area contributed by atoms with Crippen LogP contribution in [0, 0.1) is 11.3 Å². The smallest absolute Gasteiger partial charge is 0.338 e. The van der Waals surface area contributed by atoms with Crippen LogP contribution in [0.2, 0.25) is 0 Å². The van der Waals surface area contributed by atoms with Crippen molar-refractivity contribution in [1.29, 1.82) is 5.26 Å². The Morgan fingerprint density at radius 3 is 2.29 bits per heavy atom. The molecule has 3 N–H and O–H groups in total. The molecule has 3 aromatic rings. The molecule has 0 saturated carbocycles. The van der Waals surface area contributed by atoms with Crippen LogP contribution in [0.25, 0.3) is 11.6 Å². The number of unbranched alkanes of at least 4 members (excludes halogenated alkanes) is 8. The first-order chi connectivity index (χ1) is 22.0. The number of carbonyl (C=O) groups is 1. The molecule has 45 heavy (non-hydrogen) atoms. The molecule has 0 radical (unpaired) electrons. The first-order valence-electron chi connectivity index (χ1n) is 15.6. The molecule has 0 fully saturated rings. The molecule has 0 aliphatic carbocycles. The van der Waals surface area contributed by atoms with Crippen LogP contribution in [-0.2, 0) is 4.74 Å². The van der Waals surface area contributed by atoms with E-state index in [2.05, 4.69) is 11.4 Å². The Hall–Kier alpha value is -4.84. The van der Waals surface area contributed by atoms with Crippen LogP contribution in [0.4, 0.5) is 11.4 Å². The number of nitrogens with zero attached hydrogens (tertiary/aromatic N) is 1. The van der Waals surface area contributed by atoms with Gasteiger partial charge in [-0.15, -0.1) is 0 Å². The number of fused-ring (bicyclic) bond motifs is 1. The van der Waals surface area contributed by atoms with Crippen LogP contribution in [0.5, 0.6) is 23.0 Å². The molecule has 0 atom stereocenters. The van der Waals surface area contributed by atoms with Gasteiger partial charge in [-0.05, 0) is 78.6 Å². The monoisotopic (exact) mass is 613 g/mol. The number of methoxy groups -OCH3 is 1. The van der Waals surface area contributed by atoms with Crippen molar-refractivity contribution in [3.05, 3.63) is 71.3 Å². The summed E-state index contributed by atoms with van der Waals surface area (Å²) in [4.78, 5) is 12.3. The number of esters is 1. The first kappa shape index (κ1) is 33.1. The van der Waals surface area contributed by atoms with E-state index < -0.39 is 0 Å². The molecule has 9 nitrogen and oxygen atoms in total. The van der Waals surface area contributed by atoms with Gasteiger partial charge in [0.2, 0.25) is 6.79 Å². The summed E-state index contributed by atoms with van der Waals surface area (Å²) in [5.41, 5.74) is 9.77. The molecule has 0 aromatic heterocycles. The zero-order chi connectivity index (χ0) is 31.9. The molecule has 0 bridgehead atoms. The van der Waals surface area contributed by atoms with Gasteiger partial charge < -0.3 is 34.7 Å². The van der Waals surface area contributed by atoms with Crippen LogP contribution in [0.1, 0.15) is 79.3 Å². The van der Waals surface area contributed by atoms with Gasteiger partial charge in [0.05, 0.1) is 37.5 Å². The van der Waals surface area contributed by atoms with Gasteiger partial charge in [0, 0.05) is 18.4 Å². The minimum absolute atomic E-state index is 0.192. The molecule has 0 spiro atoms. The Morgan fingerprint density at radius 2 is 1.58 bits per heavy atom. The lowest BCUT2D eigenvalue weighted by atomic mass is 10.0. The first-order valence-corrected chi connectivity index (χ1v) is 15.6. The summed E-state index contributed by atoms with van der Waals surface area (Å²) in [6, 6.07) is 18.6. The average Bonchev–Trinajstić information content (AvgIpc) is 3.53. The summed E-state index contributed by atoms with van der Waals surface area (Å²) >= 11 is 0. The predicted molar refractivity (Wildman–Crippen MR) is 177 cm³/mol. The summed E-state index contributed by atoms with van der Waals surface area (Å²) < 4.78 is 27.8. The van der Waals surface area contributed by atoms with E-state index in [0.717, 1.165) is 48.9 Å². The Kier molecular flexibility index (Phi) is 12.8. The molecular formula is C36H43N3O6. The van der Waals surface area contributed by atoms with Crippen molar-refractivity contribution < 1.29 is 28.5 Å². The second-order valence-corrected chi connectivity index (χ2v) is 10.9. The molecule has 9 heteroatoms. The van der Waals surface area contributed by atoms with E-state index >= 15 is 0 Å². The molecule has 4 rings (SSSR count). The number of benzene rings is 3. The van der Waals surface area contributed by atoms with E-state index in [1.165, 1.54) is 25.7 Å². The lowest BCUT2D eigenvalue weighted by molar-refractivity contribution is 0.0497. The van der Waals surface area contributed by atoms with Gasteiger partial charge >= 0.3 is 5.97 Å². The fourth-order valence-electron chi connectivity index (χ4n) is 5.09. The van der Waals surface area contributed by atoms with E-state index in [4.69, 9.17) is 29.4 Å². The normalized spacial score (nSPS) is 12.0. The highest BCUT2D eigenvalue weighted by atomic mass is 16.7. The second kappa shape index (κ2) is 17.5. The Balaban J connectivity index is 1.06. The van der Waals surface area contributed by atoms with Gasteiger partial charge in [-0.3, -0.25) is 0 Å². The van der Waals surface area contributed by atoms with Crippen LogP contribution >= 0.6 is 0 Å². The highest BCUT2D eigenvalue weighted by molar-refractivity contribution is 5.92. The number of anilines is 2. The maximum atomic E-state index is 12.3. The molecule has 3 aromatic carbocycles. The molecule has 1 aliphatic heterocycles.